The normalized spacial score (nSPS) is 12.0. The van der Waals surface area contributed by atoms with Gasteiger partial charge >= 0.3 is 0 Å². The Morgan fingerprint density at radius 2 is 1.92 bits per heavy atom. The van der Waals surface area contributed by atoms with Crippen LogP contribution in [-0.2, 0) is 11.8 Å². The van der Waals surface area contributed by atoms with Gasteiger partial charge in [-0.25, -0.2) is 0 Å². The van der Waals surface area contributed by atoms with E-state index in [0.717, 1.165) is 0 Å². The number of carbonyl (C=O) groups is 2. The number of aryl methyl sites for hydroxylation is 1. The lowest BCUT2D eigenvalue weighted by Gasteiger charge is -2.19. The van der Waals surface area contributed by atoms with Gasteiger partial charge in [0.2, 0.25) is 0 Å². The van der Waals surface area contributed by atoms with Crippen molar-refractivity contribution in [2.45, 2.75) is 12.5 Å². The SMILES string of the molecule is COc1ccc(OC)c2c1cc(C(=O)N[C@@H](CCSC)C(=O)[O-])n2C. The Balaban J connectivity index is 2.41. The molecule has 0 aliphatic carbocycles. The third-order valence-electron chi connectivity index (χ3n) is 3.99. The number of hydrogen-bond donors (Lipinski definition) is 1. The fraction of sp³-hybridized carbons (Fsp3) is 0.412. The van der Waals surface area contributed by atoms with Crippen molar-refractivity contribution in [2.75, 3.05) is 26.2 Å². The molecule has 2 rings (SSSR count). The number of aliphatic carboxylic acids is 1. The minimum Gasteiger partial charge on any atom is -0.548 e. The van der Waals surface area contributed by atoms with Crippen LogP contribution in [0.1, 0.15) is 16.9 Å². The summed E-state index contributed by atoms with van der Waals surface area (Å²) in [6.45, 7) is 0. The van der Waals surface area contributed by atoms with Crippen LogP contribution in [0.2, 0.25) is 0 Å². The fourth-order valence-electron chi connectivity index (χ4n) is 2.69. The summed E-state index contributed by atoms with van der Waals surface area (Å²) in [4.78, 5) is 23.8. The van der Waals surface area contributed by atoms with Crippen molar-refractivity contribution in [2.24, 2.45) is 7.05 Å². The number of fused-ring (bicyclic) bond motifs is 1. The highest BCUT2D eigenvalue weighted by Gasteiger charge is 2.21. The highest BCUT2D eigenvalue weighted by Crippen LogP contribution is 2.35. The van der Waals surface area contributed by atoms with E-state index >= 15 is 0 Å². The summed E-state index contributed by atoms with van der Waals surface area (Å²) in [5, 5.41) is 14.5. The van der Waals surface area contributed by atoms with Crippen molar-refractivity contribution in [1.82, 2.24) is 9.88 Å². The number of rotatable bonds is 8. The molecular weight excluding hydrogens is 344 g/mol. The molecule has 8 heteroatoms. The van der Waals surface area contributed by atoms with E-state index in [1.54, 1.807) is 44.0 Å². The summed E-state index contributed by atoms with van der Waals surface area (Å²) in [6.07, 6.45) is 2.17. The van der Waals surface area contributed by atoms with Crippen LogP contribution in [-0.4, -0.2) is 48.7 Å². The van der Waals surface area contributed by atoms with Gasteiger partial charge in [0.25, 0.3) is 5.91 Å². The Bertz CT molecular complexity index is 787. The van der Waals surface area contributed by atoms with Gasteiger partial charge in [0.05, 0.1) is 31.7 Å². The maximum Gasteiger partial charge on any atom is 0.268 e. The topological polar surface area (TPSA) is 92.6 Å². The van der Waals surface area contributed by atoms with Gasteiger partial charge in [0.15, 0.2) is 0 Å². The average Bonchev–Trinajstić information content (AvgIpc) is 2.95. The molecule has 1 amide bonds. The van der Waals surface area contributed by atoms with Gasteiger partial charge in [0, 0.05) is 12.4 Å². The number of carboxylic acids is 1. The lowest BCUT2D eigenvalue weighted by atomic mass is 10.2. The summed E-state index contributed by atoms with van der Waals surface area (Å²) in [7, 11) is 4.81. The molecule has 0 saturated carbocycles. The molecule has 1 N–H and O–H groups in total. The van der Waals surface area contributed by atoms with E-state index in [9.17, 15) is 14.7 Å². The molecule has 2 aromatic rings. The number of benzene rings is 1. The molecule has 0 saturated heterocycles. The number of carbonyl (C=O) groups excluding carboxylic acids is 2. The number of hydrogen-bond acceptors (Lipinski definition) is 6. The zero-order chi connectivity index (χ0) is 18.6. The monoisotopic (exact) mass is 365 g/mol. The Hall–Kier alpha value is -2.35. The fourth-order valence-corrected chi connectivity index (χ4v) is 3.16. The van der Waals surface area contributed by atoms with Crippen LogP contribution in [0.15, 0.2) is 18.2 Å². The van der Waals surface area contributed by atoms with Crippen LogP contribution in [0, 0.1) is 0 Å². The van der Waals surface area contributed by atoms with Crippen molar-refractivity contribution >= 4 is 34.5 Å². The second-order valence-corrected chi connectivity index (χ2v) is 6.43. The average molecular weight is 365 g/mol. The lowest BCUT2D eigenvalue weighted by molar-refractivity contribution is -0.308. The van der Waals surface area contributed by atoms with E-state index in [1.807, 2.05) is 6.26 Å². The van der Waals surface area contributed by atoms with Crippen LogP contribution in [0.25, 0.3) is 10.9 Å². The second kappa shape index (κ2) is 8.15. The number of aromatic nitrogens is 1. The first-order valence-corrected chi connectivity index (χ1v) is 9.05. The highest BCUT2D eigenvalue weighted by molar-refractivity contribution is 7.98. The Morgan fingerprint density at radius 1 is 1.28 bits per heavy atom. The predicted molar refractivity (Wildman–Crippen MR) is 95.3 cm³/mol. The molecule has 0 radical (unpaired) electrons. The van der Waals surface area contributed by atoms with Crippen molar-refractivity contribution in [1.29, 1.82) is 0 Å². The first-order chi connectivity index (χ1) is 11.9. The van der Waals surface area contributed by atoms with Crippen LogP contribution >= 0.6 is 11.8 Å². The number of amides is 1. The van der Waals surface area contributed by atoms with Crippen molar-refractivity contribution in [3.63, 3.8) is 0 Å². The van der Waals surface area contributed by atoms with E-state index in [-0.39, 0.29) is 0 Å². The molecule has 0 fully saturated rings. The first kappa shape index (κ1) is 19.0. The molecular formula is C17H21N2O5S-. The summed E-state index contributed by atoms with van der Waals surface area (Å²) in [6, 6.07) is 4.13. The lowest BCUT2D eigenvalue weighted by Crippen LogP contribution is -2.48. The zero-order valence-corrected chi connectivity index (χ0v) is 15.4. The van der Waals surface area contributed by atoms with Gasteiger partial charge in [-0.05, 0) is 36.6 Å². The predicted octanol–water partition coefficient (Wildman–Crippen LogP) is 0.797. The minimum atomic E-state index is -1.30. The van der Waals surface area contributed by atoms with Gasteiger partial charge in [-0.3, -0.25) is 4.79 Å². The molecule has 0 aliphatic heterocycles. The van der Waals surface area contributed by atoms with E-state index in [0.29, 0.717) is 40.3 Å². The molecule has 0 unspecified atom stereocenters. The summed E-state index contributed by atoms with van der Waals surface area (Å²) >= 11 is 1.51. The Morgan fingerprint density at radius 3 is 2.48 bits per heavy atom. The standard InChI is InChI=1S/C17H22N2O5S/c1-19-12(16(20)18-11(17(21)22)7-8-25-4)9-10-13(23-2)5-6-14(24-3)15(10)19/h5-6,9,11H,7-8H2,1-4H3,(H,18,20)(H,21,22)/p-1/t11-/m0/s1. The molecule has 0 aliphatic rings. The van der Waals surface area contributed by atoms with E-state index in [4.69, 9.17) is 9.47 Å². The number of nitrogens with one attached hydrogen (secondary N) is 1. The second-order valence-electron chi connectivity index (χ2n) is 5.45. The minimum absolute atomic E-state index is 0.297. The number of methoxy groups -OCH3 is 2. The molecule has 0 bridgehead atoms. The first-order valence-electron chi connectivity index (χ1n) is 7.65. The Labute approximate surface area is 150 Å². The maximum absolute atomic E-state index is 12.6. The highest BCUT2D eigenvalue weighted by atomic mass is 32.2. The third-order valence-corrected chi connectivity index (χ3v) is 4.63. The molecule has 0 spiro atoms. The molecule has 136 valence electrons. The number of thioether (sulfide) groups is 1. The van der Waals surface area contributed by atoms with Crippen molar-refractivity contribution in [3.05, 3.63) is 23.9 Å². The molecule has 1 atom stereocenters. The number of carboxylic acid groups (broad SMARTS) is 1. The molecule has 7 nitrogen and oxygen atoms in total. The van der Waals surface area contributed by atoms with Crippen LogP contribution < -0.4 is 19.9 Å². The van der Waals surface area contributed by atoms with E-state index in [2.05, 4.69) is 5.32 Å². The van der Waals surface area contributed by atoms with E-state index in [1.165, 1.54) is 11.8 Å². The third kappa shape index (κ3) is 3.84. The van der Waals surface area contributed by atoms with Crippen LogP contribution in [0.5, 0.6) is 11.5 Å². The summed E-state index contributed by atoms with van der Waals surface area (Å²) in [5.41, 5.74) is 1.01. The van der Waals surface area contributed by atoms with Gasteiger partial charge in [-0.1, -0.05) is 0 Å². The number of nitrogens with zero attached hydrogens (tertiary/aromatic N) is 1. The van der Waals surface area contributed by atoms with Gasteiger partial charge < -0.3 is 29.3 Å². The van der Waals surface area contributed by atoms with Gasteiger partial charge in [-0.15, -0.1) is 0 Å². The molecule has 1 aromatic heterocycles. The molecule has 25 heavy (non-hydrogen) atoms. The van der Waals surface area contributed by atoms with Crippen molar-refractivity contribution in [3.8, 4) is 11.5 Å². The van der Waals surface area contributed by atoms with Crippen LogP contribution in [0.4, 0.5) is 0 Å². The van der Waals surface area contributed by atoms with E-state index < -0.39 is 17.9 Å². The van der Waals surface area contributed by atoms with Gasteiger partial charge in [0.1, 0.15) is 17.2 Å². The molecule has 1 aromatic carbocycles. The Kier molecular flexibility index (Phi) is 6.19. The smallest absolute Gasteiger partial charge is 0.268 e. The number of ether oxygens (including phenoxy) is 2. The summed E-state index contributed by atoms with van der Waals surface area (Å²) < 4.78 is 12.4. The van der Waals surface area contributed by atoms with Crippen LogP contribution in [0.3, 0.4) is 0 Å². The maximum atomic E-state index is 12.6. The summed E-state index contributed by atoms with van der Waals surface area (Å²) in [5.74, 6) is 0.0188. The zero-order valence-electron chi connectivity index (χ0n) is 14.6. The molecule has 1 heterocycles. The largest absolute Gasteiger partial charge is 0.548 e. The van der Waals surface area contributed by atoms with Crippen molar-refractivity contribution < 1.29 is 24.2 Å². The van der Waals surface area contributed by atoms with Gasteiger partial charge in [-0.2, -0.15) is 11.8 Å². The quantitative estimate of drug-likeness (QED) is 0.744.